The topological polar surface area (TPSA) is 105 Å². The highest BCUT2D eigenvalue weighted by atomic mass is 19.1. The molecule has 7 rings (SSSR count). The van der Waals surface area contributed by atoms with Gasteiger partial charge in [-0.25, -0.2) is 14.4 Å². The lowest BCUT2D eigenvalue weighted by Crippen LogP contribution is -2.53. The molecule has 1 unspecified atom stereocenters. The van der Waals surface area contributed by atoms with Gasteiger partial charge in [-0.15, -0.1) is 0 Å². The summed E-state index contributed by atoms with van der Waals surface area (Å²) in [6.45, 7) is 8.02. The molecule has 37 heavy (non-hydrogen) atoms. The first-order chi connectivity index (χ1) is 17.7. The van der Waals surface area contributed by atoms with Crippen LogP contribution in [-0.2, 0) is 6.42 Å². The molecule has 192 valence electrons. The summed E-state index contributed by atoms with van der Waals surface area (Å²) < 4.78 is 20.7. The predicted molar refractivity (Wildman–Crippen MR) is 140 cm³/mol. The summed E-state index contributed by atoms with van der Waals surface area (Å²) in [6.07, 6.45) is 5.98. The van der Waals surface area contributed by atoms with E-state index in [1.54, 1.807) is 18.5 Å². The molecule has 2 aliphatic heterocycles. The van der Waals surface area contributed by atoms with Crippen molar-refractivity contribution in [1.82, 2.24) is 19.9 Å². The quantitative estimate of drug-likeness (QED) is 0.424. The highest BCUT2D eigenvalue weighted by Gasteiger charge is 2.56. The molecule has 2 aliphatic carbocycles. The van der Waals surface area contributed by atoms with Gasteiger partial charge in [-0.2, -0.15) is 9.97 Å². The molecule has 1 spiro atoms. The van der Waals surface area contributed by atoms with Gasteiger partial charge in [0.2, 0.25) is 5.95 Å². The lowest BCUT2D eigenvalue weighted by molar-refractivity contribution is 0.272. The lowest BCUT2D eigenvalue weighted by Gasteiger charge is -2.45. The molecule has 0 bridgehead atoms. The molecule has 0 amide bonds. The van der Waals surface area contributed by atoms with Crippen molar-refractivity contribution in [3.63, 3.8) is 0 Å². The number of aromatic nitrogens is 4. The molecule has 9 nitrogen and oxygen atoms in total. The van der Waals surface area contributed by atoms with Gasteiger partial charge in [0.25, 0.3) is 0 Å². The van der Waals surface area contributed by atoms with Gasteiger partial charge in [0.05, 0.1) is 18.1 Å². The Bertz CT molecular complexity index is 1400. The average Bonchev–Trinajstić information content (AvgIpc) is 3.16. The summed E-state index contributed by atoms with van der Waals surface area (Å²) in [5, 5.41) is 3.13. The van der Waals surface area contributed by atoms with E-state index in [-0.39, 0.29) is 23.3 Å². The van der Waals surface area contributed by atoms with Gasteiger partial charge < -0.3 is 25.6 Å². The number of hydrogen-bond donors (Lipinski definition) is 2. The Labute approximate surface area is 215 Å². The molecule has 2 aromatic heterocycles. The Hall–Kier alpha value is -3.53. The Kier molecular flexibility index (Phi) is 4.74. The van der Waals surface area contributed by atoms with Crippen LogP contribution in [0, 0.1) is 16.6 Å². The molecule has 3 N–H and O–H groups in total. The highest BCUT2D eigenvalue weighted by Crippen LogP contribution is 2.54. The van der Waals surface area contributed by atoms with E-state index in [0.717, 1.165) is 72.9 Å². The van der Waals surface area contributed by atoms with E-state index >= 15 is 0 Å². The fourth-order valence-electron chi connectivity index (χ4n) is 6.28. The molecule has 3 aromatic rings. The normalized spacial score (nSPS) is 24.6. The number of ether oxygens (including phenoxy) is 1. The van der Waals surface area contributed by atoms with Crippen LogP contribution in [-0.4, -0.2) is 59.2 Å². The van der Waals surface area contributed by atoms with Crippen LogP contribution < -0.4 is 25.6 Å². The first kappa shape index (κ1) is 22.7. The number of rotatable bonds is 5. The third-order valence-corrected chi connectivity index (χ3v) is 8.32. The molecule has 4 heterocycles. The van der Waals surface area contributed by atoms with Gasteiger partial charge in [-0.05, 0) is 41.5 Å². The zero-order valence-electron chi connectivity index (χ0n) is 21.4. The molecule has 4 aliphatic rings. The van der Waals surface area contributed by atoms with Crippen molar-refractivity contribution in [2.75, 3.05) is 48.3 Å². The standard InChI is InChI=1S/C27H31FN8O/c1-26(2)12-36(13-26)24-31-10-16(11-32-24)37-25-33-20-8-17-18(6-15(28)7-19(17)30-3)22(20)23(34-25)35-5-4-27(14-35)9-21(27)29/h6-7,10-11,21,30H,4-5,8-9,12-14,29H2,1-3H3/t21-,27?/m1/s1. The van der Waals surface area contributed by atoms with Crippen LogP contribution in [0.25, 0.3) is 11.1 Å². The third kappa shape index (κ3) is 3.68. The molecule has 2 atom stereocenters. The lowest BCUT2D eigenvalue weighted by atomic mass is 9.85. The monoisotopic (exact) mass is 502 g/mol. The average molecular weight is 503 g/mol. The maximum atomic E-state index is 14.6. The number of hydrogen-bond acceptors (Lipinski definition) is 9. The second-order valence-corrected chi connectivity index (χ2v) is 11.7. The van der Waals surface area contributed by atoms with E-state index in [1.807, 2.05) is 7.05 Å². The van der Waals surface area contributed by atoms with Crippen molar-refractivity contribution in [2.24, 2.45) is 16.6 Å². The van der Waals surface area contributed by atoms with E-state index in [9.17, 15) is 4.39 Å². The molecule has 10 heteroatoms. The third-order valence-electron chi connectivity index (χ3n) is 8.32. The zero-order valence-corrected chi connectivity index (χ0v) is 21.4. The predicted octanol–water partition coefficient (Wildman–Crippen LogP) is 3.58. The summed E-state index contributed by atoms with van der Waals surface area (Å²) in [6, 6.07) is 3.60. The van der Waals surface area contributed by atoms with Crippen LogP contribution >= 0.6 is 0 Å². The Balaban J connectivity index is 1.23. The fourth-order valence-corrected chi connectivity index (χ4v) is 6.28. The van der Waals surface area contributed by atoms with Crippen molar-refractivity contribution in [3.05, 3.63) is 41.6 Å². The Morgan fingerprint density at radius 1 is 1.11 bits per heavy atom. The number of nitrogens with zero attached hydrogens (tertiary/aromatic N) is 6. The zero-order chi connectivity index (χ0) is 25.5. The van der Waals surface area contributed by atoms with Gasteiger partial charge in [-0.1, -0.05) is 13.8 Å². The van der Waals surface area contributed by atoms with Crippen LogP contribution in [0.15, 0.2) is 24.5 Å². The van der Waals surface area contributed by atoms with E-state index in [1.165, 1.54) is 6.07 Å². The van der Waals surface area contributed by atoms with Crippen molar-refractivity contribution in [1.29, 1.82) is 0 Å². The minimum atomic E-state index is -0.285. The summed E-state index contributed by atoms with van der Waals surface area (Å²) in [4.78, 5) is 23.0. The molecule has 3 fully saturated rings. The van der Waals surface area contributed by atoms with Gasteiger partial charge in [0.1, 0.15) is 11.6 Å². The molecule has 0 radical (unpaired) electrons. The summed E-state index contributed by atoms with van der Waals surface area (Å²) in [5.41, 5.74) is 11.1. The number of nitrogens with two attached hydrogens (primary N) is 1. The first-order valence-electron chi connectivity index (χ1n) is 12.9. The number of halogens is 1. The van der Waals surface area contributed by atoms with Gasteiger partial charge in [-0.3, -0.25) is 0 Å². The summed E-state index contributed by atoms with van der Waals surface area (Å²) >= 11 is 0. The van der Waals surface area contributed by atoms with Crippen molar-refractivity contribution < 1.29 is 9.13 Å². The van der Waals surface area contributed by atoms with Gasteiger partial charge in [0, 0.05) is 62.4 Å². The maximum Gasteiger partial charge on any atom is 0.324 e. The minimum Gasteiger partial charge on any atom is -0.421 e. The largest absolute Gasteiger partial charge is 0.421 e. The van der Waals surface area contributed by atoms with E-state index in [2.05, 4.69) is 38.9 Å². The highest BCUT2D eigenvalue weighted by molar-refractivity contribution is 5.88. The number of anilines is 3. The number of benzene rings is 1. The van der Waals surface area contributed by atoms with E-state index < -0.39 is 0 Å². The fraction of sp³-hybridized carbons (Fsp3) is 0.481. The first-order valence-corrected chi connectivity index (χ1v) is 12.9. The van der Waals surface area contributed by atoms with Crippen LogP contribution in [0.2, 0.25) is 0 Å². The molecule has 2 saturated heterocycles. The maximum absolute atomic E-state index is 14.6. The Morgan fingerprint density at radius 3 is 2.51 bits per heavy atom. The second-order valence-electron chi connectivity index (χ2n) is 11.7. The SMILES string of the molecule is CNc1cc(F)cc2c1Cc1nc(Oc3cnc(N4CC(C)(C)C4)nc3)nc(N3CCC4(C[C@H]4N)C3)c1-2. The number of nitrogens with one attached hydrogen (secondary N) is 1. The van der Waals surface area contributed by atoms with Crippen LogP contribution in [0.1, 0.15) is 37.9 Å². The van der Waals surface area contributed by atoms with Crippen LogP contribution in [0.5, 0.6) is 11.8 Å². The smallest absolute Gasteiger partial charge is 0.324 e. The minimum absolute atomic E-state index is 0.160. The molecule has 1 saturated carbocycles. The Morgan fingerprint density at radius 2 is 1.86 bits per heavy atom. The second kappa shape index (κ2) is 7.74. The van der Waals surface area contributed by atoms with Gasteiger partial charge in [0.15, 0.2) is 5.75 Å². The molecule has 1 aromatic carbocycles. The van der Waals surface area contributed by atoms with Crippen LogP contribution in [0.4, 0.5) is 21.8 Å². The molecular formula is C27H31FN8O. The summed E-state index contributed by atoms with van der Waals surface area (Å²) in [5.74, 6) is 1.67. The van der Waals surface area contributed by atoms with Crippen molar-refractivity contribution >= 4 is 17.5 Å². The van der Waals surface area contributed by atoms with Crippen molar-refractivity contribution in [3.8, 4) is 22.9 Å². The van der Waals surface area contributed by atoms with E-state index in [4.69, 9.17) is 20.4 Å². The van der Waals surface area contributed by atoms with Crippen molar-refractivity contribution in [2.45, 2.75) is 39.2 Å². The van der Waals surface area contributed by atoms with Crippen LogP contribution in [0.3, 0.4) is 0 Å². The van der Waals surface area contributed by atoms with E-state index in [0.29, 0.717) is 23.5 Å². The summed E-state index contributed by atoms with van der Waals surface area (Å²) in [7, 11) is 1.81. The van der Waals surface area contributed by atoms with Gasteiger partial charge >= 0.3 is 6.01 Å². The molecular weight excluding hydrogens is 471 g/mol. The number of fused-ring (bicyclic) bond motifs is 3.